The molecule has 3 aromatic rings. The van der Waals surface area contributed by atoms with Crippen molar-refractivity contribution >= 4 is 11.9 Å². The highest BCUT2D eigenvalue weighted by molar-refractivity contribution is 5.92. The summed E-state index contributed by atoms with van der Waals surface area (Å²) in [5, 5.41) is 0. The first-order chi connectivity index (χ1) is 19.3. The van der Waals surface area contributed by atoms with Crippen molar-refractivity contribution in [1.29, 1.82) is 0 Å². The van der Waals surface area contributed by atoms with E-state index >= 15 is 0 Å². The lowest BCUT2D eigenvalue weighted by Gasteiger charge is -2.27. The second kappa shape index (κ2) is 15.4. The first-order valence-electron chi connectivity index (χ1n) is 14.5. The maximum absolute atomic E-state index is 12.7. The smallest absolute Gasteiger partial charge is 0.343 e. The molecule has 0 saturated carbocycles. The number of methoxy groups -OCH3 is 1. The first kappa shape index (κ1) is 31.1. The van der Waals surface area contributed by atoms with Crippen LogP contribution in [0.1, 0.15) is 92.5 Å². The van der Waals surface area contributed by atoms with E-state index in [9.17, 15) is 9.59 Å². The van der Waals surface area contributed by atoms with Crippen molar-refractivity contribution < 1.29 is 23.8 Å². The van der Waals surface area contributed by atoms with Crippen LogP contribution < -0.4 is 4.74 Å². The van der Waals surface area contributed by atoms with E-state index in [-0.39, 0.29) is 17.5 Å². The van der Waals surface area contributed by atoms with Gasteiger partial charge in [-0.15, -0.1) is 0 Å². The monoisotopic (exact) mass is 544 g/mol. The summed E-state index contributed by atoms with van der Waals surface area (Å²) < 4.78 is 16.5. The zero-order valence-electron chi connectivity index (χ0n) is 24.7. The lowest BCUT2D eigenvalue weighted by molar-refractivity contribution is 0.0319. The number of rotatable bonds is 15. The van der Waals surface area contributed by atoms with Gasteiger partial charge in [-0.05, 0) is 91.1 Å². The summed E-state index contributed by atoms with van der Waals surface area (Å²) in [5.74, 6) is -0.435. The third-order valence-electron chi connectivity index (χ3n) is 7.46. The highest BCUT2D eigenvalue weighted by Gasteiger charge is 2.22. The van der Waals surface area contributed by atoms with Crippen LogP contribution >= 0.6 is 0 Å². The molecule has 0 spiro atoms. The molecule has 0 aliphatic carbocycles. The predicted octanol–water partition coefficient (Wildman–Crippen LogP) is 8.69. The molecule has 0 bridgehead atoms. The number of ether oxygens (including phenoxy) is 3. The average Bonchev–Trinajstić information content (AvgIpc) is 2.96. The molecular weight excluding hydrogens is 500 g/mol. The van der Waals surface area contributed by atoms with E-state index in [0.29, 0.717) is 16.9 Å². The SMILES string of the molecule is CCCCCCC(C)OC(=O)c1ccc(OC(=O)c2ccc(-c3ccc(CC(C)(CC)COC)cc3)cc2)cc1. The molecule has 0 heterocycles. The molecule has 0 aliphatic heterocycles. The van der Waals surface area contributed by atoms with Crippen LogP contribution in [0, 0.1) is 5.41 Å². The van der Waals surface area contributed by atoms with Crippen molar-refractivity contribution in [2.75, 3.05) is 13.7 Å². The van der Waals surface area contributed by atoms with Crippen LogP contribution in [0.3, 0.4) is 0 Å². The zero-order valence-corrected chi connectivity index (χ0v) is 24.7. The van der Waals surface area contributed by atoms with E-state index in [1.165, 1.54) is 18.4 Å². The minimum atomic E-state index is -0.449. The van der Waals surface area contributed by atoms with Crippen LogP contribution in [0.5, 0.6) is 5.75 Å². The van der Waals surface area contributed by atoms with Crippen molar-refractivity contribution in [3.63, 3.8) is 0 Å². The van der Waals surface area contributed by atoms with E-state index in [2.05, 4.69) is 45.0 Å². The van der Waals surface area contributed by atoms with Crippen LogP contribution in [0.4, 0.5) is 0 Å². The molecule has 0 fully saturated rings. The van der Waals surface area contributed by atoms with E-state index in [0.717, 1.165) is 49.8 Å². The van der Waals surface area contributed by atoms with E-state index in [4.69, 9.17) is 14.2 Å². The molecule has 5 heteroatoms. The molecule has 0 amide bonds. The lowest BCUT2D eigenvalue weighted by atomic mass is 9.82. The predicted molar refractivity (Wildman–Crippen MR) is 161 cm³/mol. The van der Waals surface area contributed by atoms with Crippen LogP contribution in [0.15, 0.2) is 72.8 Å². The number of hydrogen-bond acceptors (Lipinski definition) is 5. The molecule has 0 N–H and O–H groups in total. The topological polar surface area (TPSA) is 61.8 Å². The summed E-state index contributed by atoms with van der Waals surface area (Å²) in [6, 6.07) is 22.4. The quantitative estimate of drug-likeness (QED) is 0.109. The van der Waals surface area contributed by atoms with Gasteiger partial charge in [-0.3, -0.25) is 0 Å². The highest BCUT2D eigenvalue weighted by atomic mass is 16.5. The number of carbonyl (C=O) groups is 2. The first-order valence-corrected chi connectivity index (χ1v) is 14.5. The van der Waals surface area contributed by atoms with Crippen molar-refractivity contribution in [2.45, 2.75) is 78.7 Å². The Labute approximate surface area is 239 Å². The zero-order chi connectivity index (χ0) is 29.0. The molecule has 3 aromatic carbocycles. The van der Waals surface area contributed by atoms with Crippen LogP contribution in [-0.4, -0.2) is 31.8 Å². The van der Waals surface area contributed by atoms with Crippen molar-refractivity contribution in [1.82, 2.24) is 0 Å². The summed E-state index contributed by atoms with van der Waals surface area (Å²) in [5.41, 5.74) is 4.41. The number of hydrogen-bond donors (Lipinski definition) is 0. The number of unbranched alkanes of at least 4 members (excludes halogenated alkanes) is 3. The molecule has 0 aromatic heterocycles. The second-order valence-electron chi connectivity index (χ2n) is 11.0. The molecule has 2 atom stereocenters. The Bertz CT molecular complexity index is 1200. The molecular formula is C35H44O5. The highest BCUT2D eigenvalue weighted by Crippen LogP contribution is 2.28. The normalized spacial score (nSPS) is 13.3. The summed E-state index contributed by atoms with van der Waals surface area (Å²) in [7, 11) is 1.75. The maximum atomic E-state index is 12.7. The van der Waals surface area contributed by atoms with Gasteiger partial charge in [0.15, 0.2) is 0 Å². The van der Waals surface area contributed by atoms with Gasteiger partial charge >= 0.3 is 11.9 Å². The molecule has 5 nitrogen and oxygen atoms in total. The fourth-order valence-corrected chi connectivity index (χ4v) is 4.73. The van der Waals surface area contributed by atoms with Gasteiger partial charge in [0.2, 0.25) is 0 Å². The largest absolute Gasteiger partial charge is 0.459 e. The van der Waals surface area contributed by atoms with E-state index < -0.39 is 5.97 Å². The van der Waals surface area contributed by atoms with Gasteiger partial charge in [0.25, 0.3) is 0 Å². The van der Waals surface area contributed by atoms with Gasteiger partial charge in [-0.25, -0.2) is 9.59 Å². The number of benzene rings is 3. The third-order valence-corrected chi connectivity index (χ3v) is 7.46. The number of esters is 2. The Kier molecular flexibility index (Phi) is 12.0. The standard InChI is InChI=1S/C35H44O5/c1-6-8-9-10-11-26(3)39-33(36)31-20-22-32(23-21-31)40-34(37)30-18-16-29(17-19-30)28-14-12-27(13-15-28)24-35(4,7-2)25-38-5/h12-23,26H,6-11,24-25H2,1-5H3. The Morgan fingerprint density at radius 1 is 0.775 bits per heavy atom. The molecule has 0 radical (unpaired) electrons. The van der Waals surface area contributed by atoms with Gasteiger partial charge in [0.1, 0.15) is 5.75 Å². The molecule has 3 rings (SSSR count). The second-order valence-corrected chi connectivity index (χ2v) is 11.0. The van der Waals surface area contributed by atoms with Crippen LogP contribution in [0.25, 0.3) is 11.1 Å². The number of carbonyl (C=O) groups excluding carboxylic acids is 2. The van der Waals surface area contributed by atoms with Gasteiger partial charge in [-0.2, -0.15) is 0 Å². The summed E-state index contributed by atoms with van der Waals surface area (Å²) >= 11 is 0. The molecule has 214 valence electrons. The average molecular weight is 545 g/mol. The van der Waals surface area contributed by atoms with E-state index in [1.54, 1.807) is 43.5 Å². The van der Waals surface area contributed by atoms with Gasteiger partial charge in [0.05, 0.1) is 23.8 Å². The van der Waals surface area contributed by atoms with Crippen molar-refractivity contribution in [2.24, 2.45) is 5.41 Å². The fourth-order valence-electron chi connectivity index (χ4n) is 4.73. The molecule has 0 saturated heterocycles. The van der Waals surface area contributed by atoms with Gasteiger partial charge < -0.3 is 14.2 Å². The third kappa shape index (κ3) is 9.34. The molecule has 40 heavy (non-hydrogen) atoms. The Morgan fingerprint density at radius 3 is 1.93 bits per heavy atom. The fraction of sp³-hybridized carbons (Fsp3) is 0.429. The minimum Gasteiger partial charge on any atom is -0.459 e. The lowest BCUT2D eigenvalue weighted by Crippen LogP contribution is -2.24. The maximum Gasteiger partial charge on any atom is 0.343 e. The Hall–Kier alpha value is -3.44. The van der Waals surface area contributed by atoms with Crippen LogP contribution in [0.2, 0.25) is 0 Å². The van der Waals surface area contributed by atoms with E-state index in [1.807, 2.05) is 19.1 Å². The Balaban J connectivity index is 1.54. The molecule has 2 unspecified atom stereocenters. The summed E-state index contributed by atoms with van der Waals surface area (Å²) in [6.45, 7) is 9.28. The van der Waals surface area contributed by atoms with Crippen molar-refractivity contribution in [3.05, 3.63) is 89.5 Å². The molecule has 0 aliphatic rings. The summed E-state index contributed by atoms with van der Waals surface area (Å²) in [4.78, 5) is 25.1. The van der Waals surface area contributed by atoms with Crippen molar-refractivity contribution in [3.8, 4) is 16.9 Å². The van der Waals surface area contributed by atoms with Crippen LogP contribution in [-0.2, 0) is 15.9 Å². The summed E-state index contributed by atoms with van der Waals surface area (Å²) in [6.07, 6.45) is 7.34. The minimum absolute atomic E-state index is 0.119. The van der Waals surface area contributed by atoms with Gasteiger partial charge in [0, 0.05) is 7.11 Å². The Morgan fingerprint density at radius 2 is 1.35 bits per heavy atom. The van der Waals surface area contributed by atoms with Gasteiger partial charge in [-0.1, -0.05) is 76.4 Å².